The summed E-state index contributed by atoms with van der Waals surface area (Å²) < 4.78 is 8.10. The molecule has 1 aliphatic heterocycles. The Morgan fingerprint density at radius 2 is 1.79 bits per heavy atom. The van der Waals surface area contributed by atoms with Crippen LogP contribution in [0.25, 0.3) is 16.5 Å². The Morgan fingerprint density at radius 1 is 1.07 bits per heavy atom. The van der Waals surface area contributed by atoms with Crippen LogP contribution in [0.2, 0.25) is 0 Å². The van der Waals surface area contributed by atoms with E-state index in [1.54, 1.807) is 0 Å². The van der Waals surface area contributed by atoms with Crippen molar-refractivity contribution in [1.82, 2.24) is 9.47 Å². The molecule has 0 radical (unpaired) electrons. The van der Waals surface area contributed by atoms with E-state index in [1.807, 2.05) is 0 Å². The fourth-order valence-corrected chi connectivity index (χ4v) is 5.19. The Morgan fingerprint density at radius 3 is 2.45 bits per heavy atom. The molecular formula is C26H30N2O. The van der Waals surface area contributed by atoms with Crippen LogP contribution in [0.4, 0.5) is 0 Å². The van der Waals surface area contributed by atoms with E-state index in [9.17, 15) is 0 Å². The van der Waals surface area contributed by atoms with Gasteiger partial charge >= 0.3 is 0 Å². The maximum atomic E-state index is 5.59. The molecule has 0 bridgehead atoms. The van der Waals surface area contributed by atoms with Crippen LogP contribution in [-0.2, 0) is 16.8 Å². The molecule has 0 N–H and O–H groups in total. The third kappa shape index (κ3) is 3.13. The molecule has 1 aliphatic carbocycles. The Bertz CT molecular complexity index is 1060. The molecule has 150 valence electrons. The largest absolute Gasteiger partial charge is 0.371 e. The molecule has 0 saturated carbocycles. The Hall–Kier alpha value is -2.36. The molecule has 2 unspecified atom stereocenters. The number of para-hydroxylation sites is 1. The fourth-order valence-electron chi connectivity index (χ4n) is 5.19. The van der Waals surface area contributed by atoms with E-state index in [0.29, 0.717) is 6.10 Å². The summed E-state index contributed by atoms with van der Waals surface area (Å²) in [7, 11) is 4.44. The van der Waals surface area contributed by atoms with Crippen molar-refractivity contribution in [3.8, 4) is 0 Å². The van der Waals surface area contributed by atoms with E-state index in [-0.39, 0.29) is 5.54 Å². The molecule has 1 fully saturated rings. The average molecular weight is 387 g/mol. The number of ether oxygens (including phenoxy) is 1. The summed E-state index contributed by atoms with van der Waals surface area (Å²) in [5, 5.41) is 1.37. The lowest BCUT2D eigenvalue weighted by Crippen LogP contribution is -2.42. The quantitative estimate of drug-likeness (QED) is 0.549. The molecular weight excluding hydrogens is 356 g/mol. The molecule has 1 aromatic heterocycles. The number of benzene rings is 2. The topological polar surface area (TPSA) is 20.7 Å². The van der Waals surface area contributed by atoms with Crippen molar-refractivity contribution in [2.75, 3.05) is 20.7 Å². The van der Waals surface area contributed by atoms with Crippen molar-refractivity contribution < 1.29 is 4.74 Å². The first-order chi connectivity index (χ1) is 14.1. The summed E-state index contributed by atoms with van der Waals surface area (Å²) in [6, 6.07) is 19.8. The van der Waals surface area contributed by atoms with Crippen molar-refractivity contribution in [3.63, 3.8) is 0 Å². The molecule has 3 aromatic rings. The lowest BCUT2D eigenvalue weighted by Gasteiger charge is -2.43. The molecule has 0 spiro atoms. The van der Waals surface area contributed by atoms with E-state index < -0.39 is 0 Å². The third-order valence-electron chi connectivity index (χ3n) is 6.98. The van der Waals surface area contributed by atoms with Crippen LogP contribution < -0.4 is 0 Å². The predicted octanol–water partition coefficient (Wildman–Crippen LogP) is 5.37. The summed E-state index contributed by atoms with van der Waals surface area (Å²) in [5.41, 5.74) is 7.15. The molecule has 29 heavy (non-hydrogen) atoms. The number of hydrogen-bond acceptors (Lipinski definition) is 2. The Balaban J connectivity index is 1.57. The molecule has 5 rings (SSSR count). The van der Waals surface area contributed by atoms with E-state index in [4.69, 9.17) is 4.74 Å². The maximum Gasteiger partial charge on any atom is 0.0988 e. The SMILES string of the molecule is Cc1c(C2=CCC(c3ccccc3)(N(C)C)CC2)n(CC2CO2)c2ccccc12. The minimum absolute atomic E-state index is 0.0785. The standard InChI is InChI=1S/C26H30N2O/c1-19-23-11-7-8-12-24(23)28(17-22-18-29-22)25(19)20-13-15-26(16-14-20,27(2)3)21-9-5-4-6-10-21/h4-13,22H,14-18H2,1-3H3. The van der Waals surface area contributed by atoms with Gasteiger partial charge in [-0.2, -0.15) is 0 Å². The van der Waals surface area contributed by atoms with Crippen LogP contribution in [0.3, 0.4) is 0 Å². The van der Waals surface area contributed by atoms with E-state index in [2.05, 4.69) is 91.2 Å². The minimum atomic E-state index is 0.0785. The number of aryl methyl sites for hydroxylation is 1. The van der Waals surface area contributed by atoms with Gasteiger partial charge in [0.05, 0.1) is 19.3 Å². The summed E-state index contributed by atoms with van der Waals surface area (Å²) in [6.45, 7) is 4.13. The van der Waals surface area contributed by atoms with Gasteiger partial charge in [-0.25, -0.2) is 0 Å². The van der Waals surface area contributed by atoms with Crippen LogP contribution in [-0.4, -0.2) is 36.3 Å². The molecule has 2 aliphatic rings. The number of nitrogens with zero attached hydrogens (tertiary/aromatic N) is 2. The number of fused-ring (bicyclic) bond motifs is 1. The maximum absolute atomic E-state index is 5.59. The van der Waals surface area contributed by atoms with Crippen molar-refractivity contribution in [3.05, 3.63) is 77.5 Å². The molecule has 3 heteroatoms. The zero-order valence-corrected chi connectivity index (χ0v) is 17.7. The molecule has 0 amide bonds. The first kappa shape index (κ1) is 18.7. The number of epoxide rings is 1. The Labute approximate surface area is 173 Å². The molecule has 1 saturated heterocycles. The predicted molar refractivity (Wildman–Crippen MR) is 120 cm³/mol. The second-order valence-electron chi connectivity index (χ2n) is 8.78. The highest BCUT2D eigenvalue weighted by Crippen LogP contribution is 2.44. The molecule has 2 heterocycles. The number of hydrogen-bond donors (Lipinski definition) is 0. The normalized spacial score (nSPS) is 24.1. The highest BCUT2D eigenvalue weighted by Gasteiger charge is 2.37. The highest BCUT2D eigenvalue weighted by atomic mass is 16.6. The second kappa shape index (κ2) is 7.16. The van der Waals surface area contributed by atoms with Gasteiger partial charge < -0.3 is 9.30 Å². The zero-order chi connectivity index (χ0) is 20.0. The van der Waals surface area contributed by atoms with E-state index in [1.165, 1.54) is 33.3 Å². The third-order valence-corrected chi connectivity index (χ3v) is 6.98. The Kier molecular flexibility index (Phi) is 4.60. The van der Waals surface area contributed by atoms with Gasteiger partial charge in [0.2, 0.25) is 0 Å². The summed E-state index contributed by atoms with van der Waals surface area (Å²) >= 11 is 0. The van der Waals surface area contributed by atoms with Crippen LogP contribution in [0.1, 0.15) is 36.1 Å². The van der Waals surface area contributed by atoms with Gasteiger partial charge in [0, 0.05) is 22.1 Å². The van der Waals surface area contributed by atoms with Crippen molar-refractivity contribution in [2.45, 2.75) is 44.4 Å². The summed E-state index contributed by atoms with van der Waals surface area (Å²) in [6.07, 6.45) is 6.15. The number of allylic oxidation sites excluding steroid dienone is 1. The molecule has 2 atom stereocenters. The number of rotatable bonds is 5. The summed E-state index contributed by atoms with van der Waals surface area (Å²) in [4.78, 5) is 2.41. The van der Waals surface area contributed by atoms with Crippen molar-refractivity contribution >= 4 is 16.5 Å². The first-order valence-electron chi connectivity index (χ1n) is 10.7. The van der Waals surface area contributed by atoms with Gasteiger partial charge in [-0.15, -0.1) is 0 Å². The van der Waals surface area contributed by atoms with Crippen molar-refractivity contribution in [2.24, 2.45) is 0 Å². The summed E-state index contributed by atoms with van der Waals surface area (Å²) in [5.74, 6) is 0. The lowest BCUT2D eigenvalue weighted by atomic mass is 9.75. The van der Waals surface area contributed by atoms with Crippen LogP contribution >= 0.6 is 0 Å². The van der Waals surface area contributed by atoms with Gasteiger partial charge in [-0.3, -0.25) is 4.90 Å². The van der Waals surface area contributed by atoms with Crippen LogP contribution in [0.15, 0.2) is 60.7 Å². The monoisotopic (exact) mass is 386 g/mol. The molecule has 2 aromatic carbocycles. The molecule has 3 nitrogen and oxygen atoms in total. The van der Waals surface area contributed by atoms with Crippen molar-refractivity contribution in [1.29, 1.82) is 0 Å². The number of aromatic nitrogens is 1. The minimum Gasteiger partial charge on any atom is -0.371 e. The highest BCUT2D eigenvalue weighted by molar-refractivity contribution is 5.90. The smallest absolute Gasteiger partial charge is 0.0988 e. The van der Waals surface area contributed by atoms with Crippen LogP contribution in [0.5, 0.6) is 0 Å². The fraction of sp³-hybridized carbons (Fsp3) is 0.385. The van der Waals surface area contributed by atoms with Gasteiger partial charge in [-0.05, 0) is 63.0 Å². The first-order valence-corrected chi connectivity index (χ1v) is 10.7. The van der Waals surface area contributed by atoms with Gasteiger partial charge in [0.1, 0.15) is 0 Å². The van der Waals surface area contributed by atoms with Gasteiger partial charge in [0.25, 0.3) is 0 Å². The van der Waals surface area contributed by atoms with Gasteiger partial charge in [0.15, 0.2) is 0 Å². The lowest BCUT2D eigenvalue weighted by molar-refractivity contribution is 0.138. The van der Waals surface area contributed by atoms with E-state index in [0.717, 1.165) is 32.4 Å². The van der Waals surface area contributed by atoms with E-state index >= 15 is 0 Å². The second-order valence-corrected chi connectivity index (χ2v) is 8.78. The van der Waals surface area contributed by atoms with Gasteiger partial charge in [-0.1, -0.05) is 54.6 Å². The zero-order valence-electron chi connectivity index (χ0n) is 17.7. The average Bonchev–Trinajstić information content (AvgIpc) is 3.53. The van der Waals surface area contributed by atoms with Crippen LogP contribution in [0, 0.1) is 6.92 Å².